The molecule has 5 nitrogen and oxygen atoms in total. The topological polar surface area (TPSA) is 75.1 Å². The van der Waals surface area contributed by atoms with Crippen LogP contribution in [-0.4, -0.2) is 27.0 Å². The first-order valence-electron chi connectivity index (χ1n) is 5.84. The standard InChI is InChI=1S/C11H17N3O2S/c1-7(2)8-13-10(17-14-8)12-6-11(9(15)16)4-3-5-11/h7H,3-6H2,1-2H3,(H,15,16)(H,12,13,14). The predicted molar refractivity (Wildman–Crippen MR) is 66.4 cm³/mol. The molecule has 0 bridgehead atoms. The molecule has 0 aromatic carbocycles. The van der Waals surface area contributed by atoms with Gasteiger partial charge in [0.25, 0.3) is 0 Å². The Labute approximate surface area is 104 Å². The van der Waals surface area contributed by atoms with Crippen molar-refractivity contribution in [1.29, 1.82) is 0 Å². The Morgan fingerprint density at radius 3 is 2.71 bits per heavy atom. The summed E-state index contributed by atoms with van der Waals surface area (Å²) in [5.41, 5.74) is -0.580. The van der Waals surface area contributed by atoms with Gasteiger partial charge in [-0.1, -0.05) is 20.3 Å². The van der Waals surface area contributed by atoms with Crippen molar-refractivity contribution in [3.8, 4) is 0 Å². The molecule has 0 radical (unpaired) electrons. The fourth-order valence-corrected chi connectivity index (χ4v) is 2.56. The van der Waals surface area contributed by atoms with Gasteiger partial charge in [-0.15, -0.1) is 0 Å². The lowest BCUT2D eigenvalue weighted by Gasteiger charge is -2.37. The number of carboxylic acid groups (broad SMARTS) is 1. The molecule has 0 unspecified atom stereocenters. The normalized spacial score (nSPS) is 17.8. The largest absolute Gasteiger partial charge is 0.481 e. The van der Waals surface area contributed by atoms with E-state index < -0.39 is 11.4 Å². The molecule has 0 spiro atoms. The average molecular weight is 255 g/mol. The molecule has 94 valence electrons. The van der Waals surface area contributed by atoms with Crippen molar-refractivity contribution in [2.45, 2.75) is 39.0 Å². The smallest absolute Gasteiger partial charge is 0.311 e. The van der Waals surface area contributed by atoms with Crippen molar-refractivity contribution in [2.75, 3.05) is 11.9 Å². The number of hydrogen-bond donors (Lipinski definition) is 2. The van der Waals surface area contributed by atoms with Gasteiger partial charge in [-0.25, -0.2) is 4.98 Å². The number of nitrogens with zero attached hydrogens (tertiary/aromatic N) is 2. The number of carbonyl (C=O) groups is 1. The van der Waals surface area contributed by atoms with Crippen LogP contribution in [0.2, 0.25) is 0 Å². The predicted octanol–water partition coefficient (Wildman–Crippen LogP) is 2.33. The first-order chi connectivity index (χ1) is 8.03. The van der Waals surface area contributed by atoms with Crippen LogP contribution in [0, 0.1) is 5.41 Å². The highest BCUT2D eigenvalue weighted by molar-refractivity contribution is 7.09. The van der Waals surface area contributed by atoms with Gasteiger partial charge in [-0.2, -0.15) is 4.37 Å². The molecule has 1 saturated carbocycles. The molecule has 6 heteroatoms. The Bertz CT molecular complexity index is 413. The number of aromatic nitrogens is 2. The van der Waals surface area contributed by atoms with E-state index in [1.807, 2.05) is 13.8 Å². The van der Waals surface area contributed by atoms with Gasteiger partial charge in [0.2, 0.25) is 5.13 Å². The highest BCUT2D eigenvalue weighted by Gasteiger charge is 2.44. The Morgan fingerprint density at radius 2 is 2.29 bits per heavy atom. The summed E-state index contributed by atoms with van der Waals surface area (Å²) in [6.45, 7) is 4.53. The lowest BCUT2D eigenvalue weighted by Crippen LogP contribution is -2.43. The minimum absolute atomic E-state index is 0.305. The van der Waals surface area contributed by atoms with Crippen molar-refractivity contribution < 1.29 is 9.90 Å². The second-order valence-electron chi connectivity index (χ2n) is 4.91. The maximum Gasteiger partial charge on any atom is 0.311 e. The SMILES string of the molecule is CC(C)c1nsc(NCC2(C(=O)O)CCC2)n1. The van der Waals surface area contributed by atoms with Crippen LogP contribution in [0.4, 0.5) is 5.13 Å². The molecule has 0 atom stereocenters. The molecule has 1 aromatic heterocycles. The molecular weight excluding hydrogens is 238 g/mol. The van der Waals surface area contributed by atoms with E-state index in [0.717, 1.165) is 30.2 Å². The third kappa shape index (κ3) is 2.41. The number of anilines is 1. The van der Waals surface area contributed by atoms with E-state index in [-0.39, 0.29) is 0 Å². The van der Waals surface area contributed by atoms with Crippen molar-refractivity contribution >= 4 is 22.6 Å². The molecule has 1 aliphatic carbocycles. The van der Waals surface area contributed by atoms with Gasteiger partial charge in [0, 0.05) is 24.0 Å². The molecule has 2 rings (SSSR count). The Kier molecular flexibility index (Phi) is 3.33. The van der Waals surface area contributed by atoms with E-state index in [1.165, 1.54) is 11.5 Å². The molecule has 1 heterocycles. The third-order valence-corrected chi connectivity index (χ3v) is 3.99. The van der Waals surface area contributed by atoms with Crippen molar-refractivity contribution in [2.24, 2.45) is 5.41 Å². The minimum atomic E-state index is -0.704. The first-order valence-corrected chi connectivity index (χ1v) is 6.62. The summed E-state index contributed by atoms with van der Waals surface area (Å²) in [5.74, 6) is 0.416. The summed E-state index contributed by atoms with van der Waals surface area (Å²) in [5, 5.41) is 13.0. The molecule has 17 heavy (non-hydrogen) atoms. The maximum absolute atomic E-state index is 11.2. The van der Waals surface area contributed by atoms with E-state index in [2.05, 4.69) is 14.7 Å². The average Bonchev–Trinajstić information content (AvgIpc) is 2.64. The maximum atomic E-state index is 11.2. The van der Waals surface area contributed by atoms with Gasteiger partial charge in [0.1, 0.15) is 5.82 Å². The van der Waals surface area contributed by atoms with Crippen LogP contribution in [0.1, 0.15) is 44.9 Å². The van der Waals surface area contributed by atoms with Crippen LogP contribution in [0.25, 0.3) is 0 Å². The molecule has 2 N–H and O–H groups in total. The van der Waals surface area contributed by atoms with Crippen molar-refractivity contribution in [1.82, 2.24) is 9.36 Å². The zero-order valence-corrected chi connectivity index (χ0v) is 10.9. The number of carboxylic acids is 1. The van der Waals surface area contributed by atoms with E-state index >= 15 is 0 Å². The zero-order chi connectivity index (χ0) is 12.5. The monoisotopic (exact) mass is 255 g/mol. The van der Waals surface area contributed by atoms with E-state index in [0.29, 0.717) is 12.5 Å². The van der Waals surface area contributed by atoms with Gasteiger partial charge in [0.15, 0.2) is 0 Å². The van der Waals surface area contributed by atoms with Crippen molar-refractivity contribution in [3.63, 3.8) is 0 Å². The van der Waals surface area contributed by atoms with E-state index in [9.17, 15) is 9.90 Å². The van der Waals surface area contributed by atoms with Gasteiger partial charge in [0.05, 0.1) is 5.41 Å². The number of hydrogen-bond acceptors (Lipinski definition) is 5. The molecule has 1 aliphatic rings. The summed E-state index contributed by atoms with van der Waals surface area (Å²) < 4.78 is 4.23. The lowest BCUT2D eigenvalue weighted by atomic mass is 9.69. The summed E-state index contributed by atoms with van der Waals surface area (Å²) in [6.07, 6.45) is 2.51. The first kappa shape index (κ1) is 12.3. The fourth-order valence-electron chi connectivity index (χ4n) is 1.86. The van der Waals surface area contributed by atoms with E-state index in [1.54, 1.807) is 0 Å². The highest BCUT2D eigenvalue weighted by Crippen LogP contribution is 2.41. The molecule has 0 amide bonds. The fraction of sp³-hybridized carbons (Fsp3) is 0.727. The highest BCUT2D eigenvalue weighted by atomic mass is 32.1. The van der Waals surface area contributed by atoms with E-state index in [4.69, 9.17) is 0 Å². The van der Waals surface area contributed by atoms with Gasteiger partial charge < -0.3 is 10.4 Å². The van der Waals surface area contributed by atoms with Crippen LogP contribution in [0.3, 0.4) is 0 Å². The number of aliphatic carboxylic acids is 1. The molecule has 0 saturated heterocycles. The number of nitrogens with one attached hydrogen (secondary N) is 1. The zero-order valence-electron chi connectivity index (χ0n) is 10.1. The summed E-state index contributed by atoms with van der Waals surface area (Å²) in [6, 6.07) is 0. The van der Waals surface area contributed by atoms with Crippen LogP contribution in [-0.2, 0) is 4.79 Å². The second-order valence-corrected chi connectivity index (χ2v) is 5.66. The summed E-state index contributed by atoms with van der Waals surface area (Å²) >= 11 is 1.30. The summed E-state index contributed by atoms with van der Waals surface area (Å²) in [7, 11) is 0. The Hall–Kier alpha value is -1.17. The van der Waals surface area contributed by atoms with Crippen molar-refractivity contribution in [3.05, 3.63) is 5.82 Å². The van der Waals surface area contributed by atoms with Crippen LogP contribution < -0.4 is 5.32 Å². The minimum Gasteiger partial charge on any atom is -0.481 e. The van der Waals surface area contributed by atoms with Gasteiger partial charge in [-0.05, 0) is 12.8 Å². The molecule has 1 fully saturated rings. The van der Waals surface area contributed by atoms with Crippen LogP contribution in [0.5, 0.6) is 0 Å². The quantitative estimate of drug-likeness (QED) is 0.844. The summed E-state index contributed by atoms with van der Waals surface area (Å²) in [4.78, 5) is 15.5. The lowest BCUT2D eigenvalue weighted by molar-refractivity contribution is -0.153. The Morgan fingerprint density at radius 1 is 1.59 bits per heavy atom. The Balaban J connectivity index is 1.95. The van der Waals surface area contributed by atoms with Gasteiger partial charge >= 0.3 is 5.97 Å². The number of rotatable bonds is 5. The molecule has 1 aromatic rings. The second kappa shape index (κ2) is 4.60. The van der Waals surface area contributed by atoms with Crippen LogP contribution in [0.15, 0.2) is 0 Å². The molecule has 0 aliphatic heterocycles. The molecular formula is C11H17N3O2S. The van der Waals surface area contributed by atoms with Gasteiger partial charge in [-0.3, -0.25) is 4.79 Å². The van der Waals surface area contributed by atoms with Crippen LogP contribution >= 0.6 is 11.5 Å². The third-order valence-electron chi connectivity index (χ3n) is 3.30.